The molecule has 0 radical (unpaired) electrons. The first-order valence-corrected chi connectivity index (χ1v) is 8.89. The number of amides is 1. The van der Waals surface area contributed by atoms with Crippen molar-refractivity contribution in [2.75, 3.05) is 6.54 Å². The van der Waals surface area contributed by atoms with Crippen LogP contribution in [0.5, 0.6) is 0 Å². The van der Waals surface area contributed by atoms with Gasteiger partial charge in [0.1, 0.15) is 6.54 Å². The fraction of sp³-hybridized carbons (Fsp3) is 0.211. The normalized spacial score (nSPS) is 10.7. The van der Waals surface area contributed by atoms with Gasteiger partial charge >= 0.3 is 0 Å². The van der Waals surface area contributed by atoms with Crippen LogP contribution in [0.25, 0.3) is 11.4 Å². The zero-order valence-electron chi connectivity index (χ0n) is 15.3. The Balaban J connectivity index is 1.78. The third kappa shape index (κ3) is 4.17. The average Bonchev–Trinajstić information content (AvgIpc) is 3.14. The van der Waals surface area contributed by atoms with E-state index in [-0.39, 0.29) is 34.6 Å². The Morgan fingerprint density at radius 2 is 1.96 bits per heavy atom. The molecule has 144 valence electrons. The van der Waals surface area contributed by atoms with E-state index in [0.29, 0.717) is 12.4 Å². The van der Waals surface area contributed by atoms with Crippen LogP contribution in [0.4, 0.5) is 5.69 Å². The van der Waals surface area contributed by atoms with Crippen molar-refractivity contribution in [1.29, 1.82) is 0 Å². The summed E-state index contributed by atoms with van der Waals surface area (Å²) < 4.78 is 5.27. The second-order valence-electron chi connectivity index (χ2n) is 6.12. The van der Waals surface area contributed by atoms with E-state index in [0.717, 1.165) is 17.2 Å². The maximum Gasteiger partial charge on any atom is 0.270 e. The lowest BCUT2D eigenvalue weighted by Crippen LogP contribution is -2.30. The quantitative estimate of drug-likeness (QED) is 0.452. The Labute approximate surface area is 165 Å². The summed E-state index contributed by atoms with van der Waals surface area (Å²) in [6.45, 7) is 4.25. The van der Waals surface area contributed by atoms with Crippen molar-refractivity contribution in [3.63, 3.8) is 0 Å². The Bertz CT molecular complexity index is 1020. The van der Waals surface area contributed by atoms with Gasteiger partial charge in [-0.1, -0.05) is 46.6 Å². The Morgan fingerprint density at radius 1 is 1.25 bits per heavy atom. The Hall–Kier alpha value is -3.26. The first kappa shape index (κ1) is 19.5. The molecule has 0 saturated heterocycles. The fourth-order valence-electron chi connectivity index (χ4n) is 2.59. The zero-order valence-corrected chi connectivity index (χ0v) is 16.0. The van der Waals surface area contributed by atoms with Crippen molar-refractivity contribution in [3.8, 4) is 11.4 Å². The summed E-state index contributed by atoms with van der Waals surface area (Å²) in [4.78, 5) is 28.9. The van der Waals surface area contributed by atoms with E-state index in [1.54, 1.807) is 6.92 Å². The Kier molecular flexibility index (Phi) is 5.70. The minimum atomic E-state index is -0.567. The van der Waals surface area contributed by atoms with Crippen LogP contribution in [-0.4, -0.2) is 32.4 Å². The number of non-ortho nitro benzene ring substituents is 1. The van der Waals surface area contributed by atoms with Gasteiger partial charge in [-0.25, -0.2) is 0 Å². The van der Waals surface area contributed by atoms with Gasteiger partial charge in [0.15, 0.2) is 0 Å². The largest absolute Gasteiger partial charge is 0.337 e. The number of halogens is 1. The van der Waals surface area contributed by atoms with Crippen molar-refractivity contribution >= 4 is 23.2 Å². The number of benzene rings is 2. The molecular formula is C19H17ClN4O4. The minimum Gasteiger partial charge on any atom is -0.337 e. The molecule has 9 heteroatoms. The van der Waals surface area contributed by atoms with Crippen LogP contribution >= 0.6 is 11.6 Å². The molecule has 1 aromatic heterocycles. The highest BCUT2D eigenvalue weighted by molar-refractivity contribution is 6.34. The maximum atomic E-state index is 12.8. The van der Waals surface area contributed by atoms with Gasteiger partial charge in [0.25, 0.3) is 11.6 Å². The highest BCUT2D eigenvalue weighted by atomic mass is 35.5. The van der Waals surface area contributed by atoms with E-state index >= 15 is 0 Å². The van der Waals surface area contributed by atoms with Crippen LogP contribution in [0.1, 0.15) is 28.7 Å². The first-order chi connectivity index (χ1) is 13.4. The molecule has 3 aromatic rings. The molecule has 0 aliphatic carbocycles. The van der Waals surface area contributed by atoms with E-state index < -0.39 is 4.92 Å². The zero-order chi connectivity index (χ0) is 20.3. The molecule has 0 aliphatic heterocycles. The van der Waals surface area contributed by atoms with Crippen LogP contribution in [0.3, 0.4) is 0 Å². The van der Waals surface area contributed by atoms with Crippen LogP contribution in [0.2, 0.25) is 5.02 Å². The monoisotopic (exact) mass is 400 g/mol. The summed E-state index contributed by atoms with van der Waals surface area (Å²) in [5.41, 5.74) is 1.93. The highest BCUT2D eigenvalue weighted by Gasteiger charge is 2.22. The molecule has 0 spiro atoms. The minimum absolute atomic E-state index is 0.0172. The number of hydrogen-bond acceptors (Lipinski definition) is 6. The summed E-state index contributed by atoms with van der Waals surface area (Å²) in [5.74, 6) is 0.341. The molecule has 1 heterocycles. The van der Waals surface area contributed by atoms with E-state index in [4.69, 9.17) is 16.1 Å². The lowest BCUT2D eigenvalue weighted by Gasteiger charge is -2.19. The molecular weight excluding hydrogens is 384 g/mol. The van der Waals surface area contributed by atoms with Gasteiger partial charge in [0.2, 0.25) is 11.7 Å². The van der Waals surface area contributed by atoms with Gasteiger partial charge in [0.05, 0.1) is 15.5 Å². The van der Waals surface area contributed by atoms with Crippen molar-refractivity contribution in [2.45, 2.75) is 20.4 Å². The average molecular weight is 401 g/mol. The summed E-state index contributed by atoms with van der Waals surface area (Å²) in [5, 5.41) is 14.8. The van der Waals surface area contributed by atoms with E-state index in [1.807, 2.05) is 31.2 Å². The number of rotatable bonds is 6. The van der Waals surface area contributed by atoms with E-state index in [1.165, 1.54) is 17.0 Å². The fourth-order valence-corrected chi connectivity index (χ4v) is 2.85. The number of carbonyl (C=O) groups excluding carboxylic acids is 1. The van der Waals surface area contributed by atoms with Gasteiger partial charge in [-0.05, 0) is 19.9 Å². The number of carbonyl (C=O) groups is 1. The molecule has 0 N–H and O–H groups in total. The summed E-state index contributed by atoms with van der Waals surface area (Å²) in [7, 11) is 0. The molecule has 2 aromatic carbocycles. The van der Waals surface area contributed by atoms with Crippen molar-refractivity contribution in [1.82, 2.24) is 15.0 Å². The van der Waals surface area contributed by atoms with E-state index in [2.05, 4.69) is 10.1 Å². The number of nitrogens with zero attached hydrogens (tertiary/aromatic N) is 4. The molecule has 0 atom stereocenters. The van der Waals surface area contributed by atoms with Gasteiger partial charge in [-0.2, -0.15) is 4.98 Å². The maximum absolute atomic E-state index is 12.8. The topological polar surface area (TPSA) is 102 Å². The molecule has 8 nitrogen and oxygen atoms in total. The second kappa shape index (κ2) is 8.18. The summed E-state index contributed by atoms with van der Waals surface area (Å²) in [6.07, 6.45) is 0. The van der Waals surface area contributed by atoms with Crippen molar-refractivity contribution < 1.29 is 14.2 Å². The third-order valence-corrected chi connectivity index (χ3v) is 4.48. The van der Waals surface area contributed by atoms with Crippen LogP contribution in [0, 0.1) is 17.0 Å². The third-order valence-electron chi connectivity index (χ3n) is 4.17. The molecule has 1 amide bonds. The number of nitro groups is 1. The van der Waals surface area contributed by atoms with Crippen molar-refractivity contribution in [2.24, 2.45) is 0 Å². The van der Waals surface area contributed by atoms with Crippen molar-refractivity contribution in [3.05, 3.63) is 74.6 Å². The molecule has 0 fully saturated rings. The SMILES string of the molecule is CCN(Cc1nc(-c2ccc(C)cc2)no1)C(=O)c1ccc([N+](=O)[O-])cc1Cl. The van der Waals surface area contributed by atoms with Gasteiger partial charge in [-0.3, -0.25) is 14.9 Å². The van der Waals surface area contributed by atoms with E-state index in [9.17, 15) is 14.9 Å². The highest BCUT2D eigenvalue weighted by Crippen LogP contribution is 2.24. The number of nitro benzene ring substituents is 1. The predicted octanol–water partition coefficient (Wildman–Crippen LogP) is 4.27. The number of hydrogen-bond donors (Lipinski definition) is 0. The second-order valence-corrected chi connectivity index (χ2v) is 6.53. The smallest absolute Gasteiger partial charge is 0.270 e. The summed E-state index contributed by atoms with van der Waals surface area (Å²) in [6, 6.07) is 11.4. The lowest BCUT2D eigenvalue weighted by atomic mass is 10.1. The molecule has 0 saturated carbocycles. The van der Waals surface area contributed by atoms with Crippen LogP contribution in [-0.2, 0) is 6.54 Å². The molecule has 0 bridgehead atoms. The number of aromatic nitrogens is 2. The lowest BCUT2D eigenvalue weighted by molar-refractivity contribution is -0.384. The molecule has 28 heavy (non-hydrogen) atoms. The predicted molar refractivity (Wildman–Crippen MR) is 103 cm³/mol. The van der Waals surface area contributed by atoms with Gasteiger partial charge in [0, 0.05) is 24.2 Å². The number of aryl methyl sites for hydroxylation is 1. The van der Waals surface area contributed by atoms with Gasteiger partial charge in [-0.15, -0.1) is 0 Å². The molecule has 0 unspecified atom stereocenters. The standard InChI is InChI=1S/C19H17ClN4O4/c1-3-23(19(25)15-9-8-14(24(26)27)10-16(15)20)11-17-21-18(22-28-17)13-6-4-12(2)5-7-13/h4-10H,3,11H2,1-2H3. The summed E-state index contributed by atoms with van der Waals surface area (Å²) >= 11 is 6.07. The Morgan fingerprint density at radius 3 is 2.57 bits per heavy atom. The van der Waals surface area contributed by atoms with Crippen LogP contribution < -0.4 is 0 Å². The van der Waals surface area contributed by atoms with Crippen LogP contribution in [0.15, 0.2) is 47.0 Å². The first-order valence-electron chi connectivity index (χ1n) is 8.52. The molecule has 3 rings (SSSR count). The van der Waals surface area contributed by atoms with Gasteiger partial charge < -0.3 is 9.42 Å². The molecule has 0 aliphatic rings.